The van der Waals surface area contributed by atoms with Crippen molar-refractivity contribution >= 4 is 0 Å². The lowest BCUT2D eigenvalue weighted by atomic mass is 9.85. The maximum absolute atomic E-state index is 5.98. The summed E-state index contributed by atoms with van der Waals surface area (Å²) in [4.78, 5) is 0. The molecule has 2 rings (SSSR count). The van der Waals surface area contributed by atoms with Gasteiger partial charge in [-0.2, -0.15) is 0 Å². The molecule has 0 amide bonds. The van der Waals surface area contributed by atoms with Crippen molar-refractivity contribution < 1.29 is 14.2 Å². The van der Waals surface area contributed by atoms with Crippen molar-refractivity contribution in [2.45, 2.75) is 31.6 Å². The number of rotatable bonds is 6. The lowest BCUT2D eigenvalue weighted by molar-refractivity contribution is -0.103. The van der Waals surface area contributed by atoms with E-state index in [1.807, 2.05) is 38.2 Å². The SMILES string of the molecule is CCOC1C(NC)CC1Oc1ccccc1OC. The zero-order valence-electron chi connectivity index (χ0n) is 11.2. The number of hydrogen-bond acceptors (Lipinski definition) is 4. The molecule has 1 aliphatic rings. The molecule has 0 radical (unpaired) electrons. The molecule has 1 aromatic carbocycles. The fraction of sp³-hybridized carbons (Fsp3) is 0.571. The number of hydrogen-bond donors (Lipinski definition) is 1. The molecule has 1 aromatic rings. The minimum atomic E-state index is 0.0960. The Morgan fingerprint density at radius 3 is 2.61 bits per heavy atom. The van der Waals surface area contributed by atoms with Crippen LogP contribution in [0.3, 0.4) is 0 Å². The minimum absolute atomic E-state index is 0.0960. The molecule has 0 spiro atoms. The van der Waals surface area contributed by atoms with Gasteiger partial charge in [0.15, 0.2) is 11.5 Å². The van der Waals surface area contributed by atoms with Crippen LogP contribution in [0.2, 0.25) is 0 Å². The zero-order chi connectivity index (χ0) is 13.0. The van der Waals surface area contributed by atoms with E-state index in [0.29, 0.717) is 12.6 Å². The summed E-state index contributed by atoms with van der Waals surface area (Å²) in [7, 11) is 3.61. The standard InChI is InChI=1S/C14H21NO3/c1-4-17-14-10(15-2)9-13(14)18-12-8-6-5-7-11(12)16-3/h5-8,10,13-15H,4,9H2,1-3H3. The molecule has 1 fully saturated rings. The fourth-order valence-corrected chi connectivity index (χ4v) is 2.27. The van der Waals surface area contributed by atoms with Crippen molar-refractivity contribution in [3.8, 4) is 11.5 Å². The summed E-state index contributed by atoms with van der Waals surface area (Å²) in [5.41, 5.74) is 0. The van der Waals surface area contributed by atoms with E-state index < -0.39 is 0 Å². The monoisotopic (exact) mass is 251 g/mol. The van der Waals surface area contributed by atoms with Crippen LogP contribution in [0.15, 0.2) is 24.3 Å². The molecule has 100 valence electrons. The van der Waals surface area contributed by atoms with Crippen LogP contribution in [0.1, 0.15) is 13.3 Å². The van der Waals surface area contributed by atoms with Gasteiger partial charge in [-0.1, -0.05) is 12.1 Å². The second kappa shape index (κ2) is 6.07. The van der Waals surface area contributed by atoms with Crippen LogP contribution < -0.4 is 14.8 Å². The Morgan fingerprint density at radius 1 is 1.28 bits per heavy atom. The van der Waals surface area contributed by atoms with Crippen LogP contribution in [0.5, 0.6) is 11.5 Å². The largest absolute Gasteiger partial charge is 0.493 e. The van der Waals surface area contributed by atoms with Gasteiger partial charge in [0.05, 0.1) is 7.11 Å². The number of methoxy groups -OCH3 is 1. The number of likely N-dealkylation sites (N-methyl/N-ethyl adjacent to an activating group) is 1. The summed E-state index contributed by atoms with van der Waals surface area (Å²) in [5.74, 6) is 1.55. The van der Waals surface area contributed by atoms with Crippen LogP contribution in [-0.2, 0) is 4.74 Å². The first-order valence-corrected chi connectivity index (χ1v) is 6.38. The van der Waals surface area contributed by atoms with Gasteiger partial charge in [-0.25, -0.2) is 0 Å². The van der Waals surface area contributed by atoms with Crippen LogP contribution in [-0.4, -0.2) is 39.0 Å². The van der Waals surface area contributed by atoms with Crippen molar-refractivity contribution in [2.75, 3.05) is 20.8 Å². The smallest absolute Gasteiger partial charge is 0.161 e. The number of para-hydroxylation sites is 2. The first-order chi connectivity index (χ1) is 8.80. The molecule has 1 aliphatic carbocycles. The molecule has 4 nitrogen and oxygen atoms in total. The molecule has 0 aromatic heterocycles. The zero-order valence-corrected chi connectivity index (χ0v) is 11.2. The molecule has 3 atom stereocenters. The predicted octanol–water partition coefficient (Wildman–Crippen LogP) is 1.84. The maximum atomic E-state index is 5.98. The molecule has 0 saturated heterocycles. The molecule has 4 heteroatoms. The Balaban J connectivity index is 2.01. The molecule has 1 N–H and O–H groups in total. The van der Waals surface area contributed by atoms with E-state index in [9.17, 15) is 0 Å². The van der Waals surface area contributed by atoms with Gasteiger partial charge in [0.25, 0.3) is 0 Å². The van der Waals surface area contributed by atoms with Gasteiger partial charge in [0.2, 0.25) is 0 Å². The van der Waals surface area contributed by atoms with Crippen LogP contribution in [0.4, 0.5) is 0 Å². The molecular weight excluding hydrogens is 230 g/mol. The highest BCUT2D eigenvalue weighted by atomic mass is 16.6. The third-order valence-electron chi connectivity index (χ3n) is 3.33. The number of ether oxygens (including phenoxy) is 3. The van der Waals surface area contributed by atoms with Gasteiger partial charge in [0.1, 0.15) is 12.2 Å². The molecule has 1 saturated carbocycles. The highest BCUT2D eigenvalue weighted by Gasteiger charge is 2.43. The maximum Gasteiger partial charge on any atom is 0.161 e. The van der Waals surface area contributed by atoms with Gasteiger partial charge < -0.3 is 19.5 Å². The molecule has 0 aliphatic heterocycles. The third kappa shape index (κ3) is 2.60. The first-order valence-electron chi connectivity index (χ1n) is 6.38. The van der Waals surface area contributed by atoms with Gasteiger partial charge in [-0.3, -0.25) is 0 Å². The Labute approximate surface area is 108 Å². The van der Waals surface area contributed by atoms with Crippen LogP contribution in [0, 0.1) is 0 Å². The molecule has 0 heterocycles. The van der Waals surface area contributed by atoms with E-state index in [0.717, 1.165) is 17.9 Å². The molecule has 18 heavy (non-hydrogen) atoms. The molecule has 0 bridgehead atoms. The average molecular weight is 251 g/mol. The lowest BCUT2D eigenvalue weighted by Gasteiger charge is -2.43. The second-order valence-electron chi connectivity index (χ2n) is 4.36. The highest BCUT2D eigenvalue weighted by Crippen LogP contribution is 2.33. The summed E-state index contributed by atoms with van der Waals surface area (Å²) < 4.78 is 17.0. The molecular formula is C14H21NO3. The summed E-state index contributed by atoms with van der Waals surface area (Å²) in [6, 6.07) is 8.09. The highest BCUT2D eigenvalue weighted by molar-refractivity contribution is 5.39. The van der Waals surface area contributed by atoms with Crippen molar-refractivity contribution in [3.05, 3.63) is 24.3 Å². The summed E-state index contributed by atoms with van der Waals surface area (Å²) >= 11 is 0. The van der Waals surface area contributed by atoms with Crippen LogP contribution in [0.25, 0.3) is 0 Å². The predicted molar refractivity (Wildman–Crippen MR) is 70.3 cm³/mol. The quantitative estimate of drug-likeness (QED) is 0.837. The third-order valence-corrected chi connectivity index (χ3v) is 3.33. The summed E-state index contributed by atoms with van der Waals surface area (Å²) in [5, 5.41) is 3.24. The number of nitrogens with one attached hydrogen (secondary N) is 1. The van der Waals surface area contributed by atoms with E-state index in [1.165, 1.54) is 0 Å². The first kappa shape index (κ1) is 13.2. The van der Waals surface area contributed by atoms with Crippen molar-refractivity contribution in [1.82, 2.24) is 5.32 Å². The second-order valence-corrected chi connectivity index (χ2v) is 4.36. The lowest BCUT2D eigenvalue weighted by Crippen LogP contribution is -2.60. The van der Waals surface area contributed by atoms with Crippen molar-refractivity contribution in [2.24, 2.45) is 0 Å². The van der Waals surface area contributed by atoms with Crippen molar-refractivity contribution in [3.63, 3.8) is 0 Å². The fourth-order valence-electron chi connectivity index (χ4n) is 2.27. The van der Waals surface area contributed by atoms with E-state index in [2.05, 4.69) is 5.32 Å². The van der Waals surface area contributed by atoms with Crippen LogP contribution >= 0.6 is 0 Å². The normalized spacial score (nSPS) is 26.5. The van der Waals surface area contributed by atoms with Gasteiger partial charge in [-0.05, 0) is 26.1 Å². The molecule has 3 unspecified atom stereocenters. The Hall–Kier alpha value is -1.26. The number of benzene rings is 1. The summed E-state index contributed by atoms with van der Waals surface area (Å²) in [6.07, 6.45) is 1.17. The van der Waals surface area contributed by atoms with E-state index in [1.54, 1.807) is 7.11 Å². The Kier molecular flexibility index (Phi) is 4.44. The van der Waals surface area contributed by atoms with Crippen molar-refractivity contribution in [1.29, 1.82) is 0 Å². The average Bonchev–Trinajstić information content (AvgIpc) is 2.40. The Bertz CT molecular complexity index is 383. The Morgan fingerprint density at radius 2 is 2.00 bits per heavy atom. The topological polar surface area (TPSA) is 39.7 Å². The minimum Gasteiger partial charge on any atom is -0.493 e. The van der Waals surface area contributed by atoms with E-state index >= 15 is 0 Å². The van der Waals surface area contributed by atoms with E-state index in [-0.39, 0.29) is 12.2 Å². The van der Waals surface area contributed by atoms with Gasteiger partial charge >= 0.3 is 0 Å². The van der Waals surface area contributed by atoms with E-state index in [4.69, 9.17) is 14.2 Å². The van der Waals surface area contributed by atoms with Gasteiger partial charge in [-0.15, -0.1) is 0 Å². The van der Waals surface area contributed by atoms with Gasteiger partial charge in [0, 0.05) is 19.1 Å². The summed E-state index contributed by atoms with van der Waals surface area (Å²) in [6.45, 7) is 2.71.